The van der Waals surface area contributed by atoms with E-state index in [1.54, 1.807) is 18.0 Å². The molecule has 1 heterocycles. The van der Waals surface area contributed by atoms with Crippen molar-refractivity contribution in [3.8, 4) is 0 Å². The summed E-state index contributed by atoms with van der Waals surface area (Å²) in [5, 5.41) is 16.0. The Morgan fingerprint density at radius 3 is 3.06 bits per heavy atom. The molecule has 17 heavy (non-hydrogen) atoms. The number of hydrogen-bond donors (Lipinski definition) is 2. The van der Waals surface area contributed by atoms with Crippen molar-refractivity contribution in [3.63, 3.8) is 0 Å². The molecule has 0 fully saturated rings. The van der Waals surface area contributed by atoms with Crippen LogP contribution in [0.5, 0.6) is 0 Å². The molecule has 0 bridgehead atoms. The standard InChI is InChI=1S/C11H21N3O3/c1-10(9-16-2)13-11-7-12-14(8-11)3-5-17-6-4-15/h7-8,10,13,15H,3-6,9H2,1-2H3. The Hall–Kier alpha value is -1.11. The second kappa shape index (κ2) is 8.05. The number of nitrogens with zero attached hydrogens (tertiary/aromatic N) is 2. The monoisotopic (exact) mass is 243 g/mol. The number of aliphatic hydroxyl groups excluding tert-OH is 1. The number of nitrogens with one attached hydrogen (secondary N) is 1. The maximum atomic E-state index is 8.55. The van der Waals surface area contributed by atoms with Crippen molar-refractivity contribution >= 4 is 5.69 Å². The quantitative estimate of drug-likeness (QED) is 0.612. The van der Waals surface area contributed by atoms with Crippen LogP contribution < -0.4 is 5.32 Å². The van der Waals surface area contributed by atoms with E-state index in [0.29, 0.717) is 26.4 Å². The zero-order valence-corrected chi connectivity index (χ0v) is 10.4. The molecule has 0 amide bonds. The third-order valence-electron chi connectivity index (χ3n) is 2.16. The summed E-state index contributed by atoms with van der Waals surface area (Å²) in [6.07, 6.45) is 3.70. The predicted octanol–water partition coefficient (Wildman–Crippen LogP) is 0.339. The van der Waals surface area contributed by atoms with Crippen LogP contribution in [0.3, 0.4) is 0 Å². The van der Waals surface area contributed by atoms with Crippen molar-refractivity contribution in [3.05, 3.63) is 12.4 Å². The van der Waals surface area contributed by atoms with E-state index in [4.69, 9.17) is 14.6 Å². The van der Waals surface area contributed by atoms with Gasteiger partial charge in [0.2, 0.25) is 0 Å². The second-order valence-corrected chi connectivity index (χ2v) is 3.83. The smallest absolute Gasteiger partial charge is 0.0729 e. The summed E-state index contributed by atoms with van der Waals surface area (Å²) in [5.74, 6) is 0. The van der Waals surface area contributed by atoms with Gasteiger partial charge < -0.3 is 19.9 Å². The summed E-state index contributed by atoms with van der Waals surface area (Å²) < 4.78 is 12.0. The predicted molar refractivity (Wildman–Crippen MR) is 65.1 cm³/mol. The number of hydrogen-bond acceptors (Lipinski definition) is 5. The molecular weight excluding hydrogens is 222 g/mol. The zero-order valence-electron chi connectivity index (χ0n) is 10.4. The number of rotatable bonds is 9. The van der Waals surface area contributed by atoms with Crippen LogP contribution in [0.15, 0.2) is 12.4 Å². The maximum absolute atomic E-state index is 8.55. The van der Waals surface area contributed by atoms with Gasteiger partial charge in [-0.15, -0.1) is 0 Å². The normalized spacial score (nSPS) is 12.6. The Kier molecular flexibility index (Phi) is 6.61. The topological polar surface area (TPSA) is 68.5 Å². The molecule has 0 aromatic carbocycles. The first-order valence-electron chi connectivity index (χ1n) is 5.72. The van der Waals surface area contributed by atoms with Crippen LogP contribution >= 0.6 is 0 Å². The third kappa shape index (κ3) is 5.67. The van der Waals surface area contributed by atoms with Gasteiger partial charge in [0.1, 0.15) is 0 Å². The molecule has 6 nitrogen and oxygen atoms in total. The fraction of sp³-hybridized carbons (Fsp3) is 0.727. The highest BCUT2D eigenvalue weighted by molar-refractivity contribution is 5.39. The summed E-state index contributed by atoms with van der Waals surface area (Å²) in [5.41, 5.74) is 0.969. The Labute approximate surface area is 102 Å². The van der Waals surface area contributed by atoms with E-state index in [-0.39, 0.29) is 12.6 Å². The van der Waals surface area contributed by atoms with Gasteiger partial charge in [-0.2, -0.15) is 5.10 Å². The SMILES string of the molecule is COCC(C)Nc1cnn(CCOCCO)c1. The van der Waals surface area contributed by atoms with Gasteiger partial charge in [-0.05, 0) is 6.92 Å². The highest BCUT2D eigenvalue weighted by Crippen LogP contribution is 2.06. The van der Waals surface area contributed by atoms with Crippen molar-refractivity contribution in [1.29, 1.82) is 0 Å². The molecule has 0 saturated carbocycles. The molecule has 0 spiro atoms. The van der Waals surface area contributed by atoms with Crippen molar-refractivity contribution in [1.82, 2.24) is 9.78 Å². The van der Waals surface area contributed by atoms with Gasteiger partial charge in [-0.3, -0.25) is 4.68 Å². The molecule has 1 aromatic rings. The molecule has 0 radical (unpaired) electrons. The number of anilines is 1. The van der Waals surface area contributed by atoms with E-state index in [0.717, 1.165) is 5.69 Å². The fourth-order valence-electron chi connectivity index (χ4n) is 1.46. The average molecular weight is 243 g/mol. The van der Waals surface area contributed by atoms with Crippen molar-refractivity contribution in [2.24, 2.45) is 0 Å². The van der Waals surface area contributed by atoms with Gasteiger partial charge in [0.25, 0.3) is 0 Å². The first kappa shape index (κ1) is 14.0. The molecule has 1 atom stereocenters. The van der Waals surface area contributed by atoms with Gasteiger partial charge in [0.05, 0.1) is 44.9 Å². The van der Waals surface area contributed by atoms with Gasteiger partial charge >= 0.3 is 0 Å². The zero-order chi connectivity index (χ0) is 12.5. The Bertz CT molecular complexity index is 304. The first-order chi connectivity index (χ1) is 8.26. The largest absolute Gasteiger partial charge is 0.394 e. The number of methoxy groups -OCH3 is 1. The number of ether oxygens (including phenoxy) is 2. The average Bonchev–Trinajstić information content (AvgIpc) is 2.72. The molecule has 1 unspecified atom stereocenters. The molecule has 0 aliphatic heterocycles. The van der Waals surface area contributed by atoms with Gasteiger partial charge in [0, 0.05) is 19.3 Å². The van der Waals surface area contributed by atoms with Crippen LogP contribution in [0.2, 0.25) is 0 Å². The molecule has 2 N–H and O–H groups in total. The van der Waals surface area contributed by atoms with Crippen LogP contribution in [-0.4, -0.2) is 54.5 Å². The van der Waals surface area contributed by atoms with Gasteiger partial charge in [-0.25, -0.2) is 0 Å². The minimum atomic E-state index is 0.0560. The molecular formula is C11H21N3O3. The number of aromatic nitrogens is 2. The van der Waals surface area contributed by atoms with Crippen LogP contribution in [0.4, 0.5) is 5.69 Å². The van der Waals surface area contributed by atoms with Gasteiger partial charge in [0.15, 0.2) is 0 Å². The van der Waals surface area contributed by atoms with Crippen LogP contribution in [0.1, 0.15) is 6.92 Å². The van der Waals surface area contributed by atoms with Crippen LogP contribution in [0, 0.1) is 0 Å². The van der Waals surface area contributed by atoms with Crippen molar-refractivity contribution in [2.45, 2.75) is 19.5 Å². The summed E-state index contributed by atoms with van der Waals surface area (Å²) in [4.78, 5) is 0. The van der Waals surface area contributed by atoms with Crippen molar-refractivity contribution in [2.75, 3.05) is 38.9 Å². The summed E-state index contributed by atoms with van der Waals surface area (Å²) >= 11 is 0. The first-order valence-corrected chi connectivity index (χ1v) is 5.72. The molecule has 0 aliphatic rings. The summed E-state index contributed by atoms with van der Waals surface area (Å²) in [7, 11) is 1.68. The third-order valence-corrected chi connectivity index (χ3v) is 2.16. The lowest BCUT2D eigenvalue weighted by Gasteiger charge is -2.11. The second-order valence-electron chi connectivity index (χ2n) is 3.83. The Balaban J connectivity index is 2.27. The van der Waals surface area contributed by atoms with Crippen LogP contribution in [0.25, 0.3) is 0 Å². The molecule has 0 saturated heterocycles. The summed E-state index contributed by atoms with van der Waals surface area (Å²) in [6.45, 7) is 4.36. The lowest BCUT2D eigenvalue weighted by atomic mass is 10.3. The van der Waals surface area contributed by atoms with Gasteiger partial charge in [-0.1, -0.05) is 0 Å². The lowest BCUT2D eigenvalue weighted by molar-refractivity contribution is 0.0854. The van der Waals surface area contributed by atoms with E-state index < -0.39 is 0 Å². The maximum Gasteiger partial charge on any atom is 0.0729 e. The van der Waals surface area contributed by atoms with E-state index in [1.165, 1.54) is 0 Å². The van der Waals surface area contributed by atoms with Crippen molar-refractivity contribution < 1.29 is 14.6 Å². The highest BCUT2D eigenvalue weighted by atomic mass is 16.5. The van der Waals surface area contributed by atoms with E-state index in [1.807, 2.05) is 13.1 Å². The minimum Gasteiger partial charge on any atom is -0.394 e. The van der Waals surface area contributed by atoms with E-state index >= 15 is 0 Å². The van der Waals surface area contributed by atoms with Crippen LogP contribution in [-0.2, 0) is 16.0 Å². The molecule has 1 rings (SSSR count). The molecule has 1 aromatic heterocycles. The highest BCUT2D eigenvalue weighted by Gasteiger charge is 2.03. The fourth-order valence-corrected chi connectivity index (χ4v) is 1.46. The minimum absolute atomic E-state index is 0.0560. The molecule has 98 valence electrons. The lowest BCUT2D eigenvalue weighted by Crippen LogP contribution is -2.20. The summed E-state index contributed by atoms with van der Waals surface area (Å²) in [6, 6.07) is 0.253. The Morgan fingerprint density at radius 2 is 2.35 bits per heavy atom. The number of aliphatic hydroxyl groups is 1. The molecule has 6 heteroatoms. The van der Waals surface area contributed by atoms with E-state index in [2.05, 4.69) is 10.4 Å². The Morgan fingerprint density at radius 1 is 1.53 bits per heavy atom. The van der Waals surface area contributed by atoms with E-state index in [9.17, 15) is 0 Å². The molecule has 0 aliphatic carbocycles.